The zero-order chi connectivity index (χ0) is 25.1. The van der Waals surface area contributed by atoms with E-state index >= 15 is 0 Å². The average Bonchev–Trinajstić information content (AvgIpc) is 3.17. The molecule has 3 aromatic carbocycles. The second-order valence-corrected chi connectivity index (χ2v) is 14.2. The van der Waals surface area contributed by atoms with Gasteiger partial charge in [-0.1, -0.05) is 86.1 Å². The maximum absolute atomic E-state index is 3.67. The Balaban J connectivity index is 0.000000692. The molecular weight excluding hydrogens is 546 g/mol. The molecule has 4 rings (SSSR count). The topological polar surface area (TPSA) is 0 Å². The Kier molecular flexibility index (Phi) is 13.3. The van der Waals surface area contributed by atoms with E-state index in [1.807, 2.05) is 0 Å². The van der Waals surface area contributed by atoms with Gasteiger partial charge in [0.2, 0.25) is 0 Å². The van der Waals surface area contributed by atoms with Gasteiger partial charge in [0.1, 0.15) is 0 Å². The Morgan fingerprint density at radius 2 is 1.37 bits per heavy atom. The van der Waals surface area contributed by atoms with Gasteiger partial charge in [0.05, 0.1) is 0 Å². The monoisotopic (exact) mass is 586 g/mol. The number of aryl methyl sites for hydroxylation is 3. The molecule has 35 heavy (non-hydrogen) atoms. The van der Waals surface area contributed by atoms with E-state index in [-0.39, 0.29) is 35.6 Å². The summed E-state index contributed by atoms with van der Waals surface area (Å²) < 4.78 is 1.51. The van der Waals surface area contributed by atoms with Crippen molar-refractivity contribution in [1.29, 1.82) is 0 Å². The molecule has 0 amide bonds. The summed E-state index contributed by atoms with van der Waals surface area (Å²) in [5.41, 5.74) is 12.9. The van der Waals surface area contributed by atoms with E-state index in [9.17, 15) is 0 Å². The number of hydrogen-bond donors (Lipinski definition) is 0. The zero-order valence-corrected chi connectivity index (χ0v) is 27.5. The van der Waals surface area contributed by atoms with Crippen LogP contribution in [0.3, 0.4) is 0 Å². The molecule has 0 aliphatic heterocycles. The van der Waals surface area contributed by atoms with Crippen molar-refractivity contribution in [3.05, 3.63) is 87.5 Å². The third-order valence-electron chi connectivity index (χ3n) is 5.97. The summed E-state index contributed by atoms with van der Waals surface area (Å²) in [6, 6.07) is 19.6. The summed E-state index contributed by atoms with van der Waals surface area (Å²) in [4.78, 5) is 0. The van der Waals surface area contributed by atoms with Crippen LogP contribution >= 0.6 is 0 Å². The molecule has 0 aromatic heterocycles. The number of halogens is 2. The van der Waals surface area contributed by atoms with Gasteiger partial charge in [-0.3, -0.25) is 0 Å². The largest absolute Gasteiger partial charge is 1.00 e. The molecule has 0 unspecified atom stereocenters. The van der Waals surface area contributed by atoms with Gasteiger partial charge in [0.15, 0.2) is 0 Å². The van der Waals surface area contributed by atoms with Crippen LogP contribution in [0.4, 0.5) is 0 Å². The number of rotatable bonds is 0. The smallest absolute Gasteiger partial charge is 0.0632 e. The van der Waals surface area contributed by atoms with Crippen LogP contribution in [-0.2, 0) is 41.5 Å². The molecule has 0 N–H and O–H groups in total. The normalized spacial score (nSPS) is 11.5. The van der Waals surface area contributed by atoms with E-state index < -0.39 is 0 Å². The molecular formula is C32H42Cl2Zr-2. The third-order valence-corrected chi connectivity index (χ3v) is 5.97. The van der Waals surface area contributed by atoms with E-state index in [2.05, 4.69) is 125 Å². The van der Waals surface area contributed by atoms with Gasteiger partial charge in [-0.25, -0.2) is 6.07 Å². The molecule has 0 saturated heterocycles. The molecule has 0 bridgehead atoms. The molecule has 0 heterocycles. The molecule has 0 radical (unpaired) electrons. The molecule has 1 aliphatic rings. The van der Waals surface area contributed by atoms with Crippen molar-refractivity contribution in [3.63, 3.8) is 0 Å². The van der Waals surface area contributed by atoms with Crippen LogP contribution in [0.5, 0.6) is 0 Å². The van der Waals surface area contributed by atoms with Crippen LogP contribution in [0.1, 0.15) is 94.3 Å². The van der Waals surface area contributed by atoms with Crippen LogP contribution in [0, 0.1) is 26.8 Å². The first-order chi connectivity index (χ1) is 15.1. The Morgan fingerprint density at radius 3 is 1.77 bits per heavy atom. The van der Waals surface area contributed by atoms with E-state index in [1.54, 1.807) is 24.2 Å². The standard InChI is InChI=1S/C21H25.C8H11.C3H6.2ClH.Zr/c1-20(2,3)16-7-9-18-14(12-16)11-15-13-17(21(4,5)6)8-10-19(15)18;1-6-4-7(2)8(3)5-6;1-3-2;;;/h7-10,12H,11H2,1-6H3;4-5H,1-3H3;1-2H3;2*1H;/q2*-1;;;;+2/p-2. The predicted molar refractivity (Wildman–Crippen MR) is 144 cm³/mol. The van der Waals surface area contributed by atoms with E-state index in [0.29, 0.717) is 0 Å². The quantitative estimate of drug-likeness (QED) is 0.277. The van der Waals surface area contributed by atoms with Crippen LogP contribution in [0.2, 0.25) is 0 Å². The molecule has 190 valence electrons. The summed E-state index contributed by atoms with van der Waals surface area (Å²) >= 11 is 1.55. The molecule has 0 atom stereocenters. The van der Waals surface area contributed by atoms with Gasteiger partial charge in [-0.2, -0.15) is 46.5 Å². The first kappa shape index (κ1) is 34.1. The fourth-order valence-electron chi connectivity index (χ4n) is 3.98. The molecule has 0 saturated carbocycles. The number of benzene rings is 2. The molecule has 3 aromatic rings. The van der Waals surface area contributed by atoms with Crippen LogP contribution in [-0.4, -0.2) is 3.21 Å². The minimum Gasteiger partial charge on any atom is -1.00 e. The summed E-state index contributed by atoms with van der Waals surface area (Å²) in [7, 11) is 0. The first-order valence-electron chi connectivity index (χ1n) is 12.0. The van der Waals surface area contributed by atoms with E-state index in [1.165, 1.54) is 53.3 Å². The number of fused-ring (bicyclic) bond motifs is 3. The summed E-state index contributed by atoms with van der Waals surface area (Å²) in [6.45, 7) is 24.3. The van der Waals surface area contributed by atoms with Gasteiger partial charge >= 0.3 is 41.3 Å². The van der Waals surface area contributed by atoms with Crippen LogP contribution in [0.25, 0.3) is 11.1 Å². The number of hydrogen-bond acceptors (Lipinski definition) is 0. The maximum atomic E-state index is 3.67. The molecule has 1 aliphatic carbocycles. The van der Waals surface area contributed by atoms with E-state index in [4.69, 9.17) is 0 Å². The first-order valence-corrected chi connectivity index (χ1v) is 13.2. The average molecular weight is 589 g/mol. The summed E-state index contributed by atoms with van der Waals surface area (Å²) in [6.07, 6.45) is 1.03. The second kappa shape index (κ2) is 13.6. The fourth-order valence-corrected chi connectivity index (χ4v) is 3.98. The van der Waals surface area contributed by atoms with Gasteiger partial charge in [0, 0.05) is 0 Å². The Morgan fingerprint density at radius 1 is 0.829 bits per heavy atom. The van der Waals surface area contributed by atoms with Gasteiger partial charge < -0.3 is 24.8 Å². The van der Waals surface area contributed by atoms with Crippen LogP contribution < -0.4 is 24.8 Å². The van der Waals surface area contributed by atoms with E-state index in [0.717, 1.165) is 6.42 Å². The Labute approximate surface area is 242 Å². The van der Waals surface area contributed by atoms with Crippen molar-refractivity contribution in [3.8, 4) is 11.1 Å². The van der Waals surface area contributed by atoms with Crippen molar-refractivity contribution < 1.29 is 49.0 Å². The van der Waals surface area contributed by atoms with Crippen molar-refractivity contribution in [2.24, 2.45) is 0 Å². The summed E-state index contributed by atoms with van der Waals surface area (Å²) in [5.74, 6) is 0. The zero-order valence-electron chi connectivity index (χ0n) is 23.5. The molecule has 0 nitrogen and oxygen atoms in total. The SMILES string of the molecule is CC(C)(C)c1[c-]c2c(cc1)-c1ccc(C(C)(C)C)cc1C2.C[C](C)=[Zr+2].Cc1cc(C)c(C)[cH-]1.[Cl-].[Cl-]. The maximum Gasteiger partial charge on any atom is -0.0632 e. The van der Waals surface area contributed by atoms with Gasteiger partial charge in [0.25, 0.3) is 0 Å². The fraction of sp³-hybridized carbons (Fsp3) is 0.438. The minimum absolute atomic E-state index is 0. The Hall–Kier alpha value is -0.877. The molecule has 3 heteroatoms. The van der Waals surface area contributed by atoms with Crippen molar-refractivity contribution in [2.75, 3.05) is 0 Å². The van der Waals surface area contributed by atoms with Crippen molar-refractivity contribution in [1.82, 2.24) is 0 Å². The van der Waals surface area contributed by atoms with Gasteiger partial charge in [-0.15, -0.1) is 11.1 Å². The summed E-state index contributed by atoms with van der Waals surface area (Å²) in [5, 5.41) is 0. The van der Waals surface area contributed by atoms with Crippen LogP contribution in [0.15, 0.2) is 42.5 Å². The van der Waals surface area contributed by atoms with Gasteiger partial charge in [-0.05, 0) is 28.4 Å². The van der Waals surface area contributed by atoms with Crippen molar-refractivity contribution >= 4 is 3.21 Å². The molecule has 0 spiro atoms. The third kappa shape index (κ3) is 9.83. The van der Waals surface area contributed by atoms with Crippen molar-refractivity contribution in [2.45, 2.75) is 93.4 Å². The minimum atomic E-state index is 0. The Bertz CT molecular complexity index is 1040. The predicted octanol–water partition coefficient (Wildman–Crippen LogP) is 2.74. The molecule has 0 fully saturated rings. The second-order valence-electron chi connectivity index (χ2n) is 11.7.